The number of ketones is 1. The maximum absolute atomic E-state index is 14.7. The quantitative estimate of drug-likeness (QED) is 0.0864. The van der Waals surface area contributed by atoms with Gasteiger partial charge < -0.3 is 9.84 Å². The normalized spacial score (nSPS) is 17.8. The minimum Gasteiger partial charge on any atom is -0.457 e. The van der Waals surface area contributed by atoms with E-state index < -0.39 is 54.5 Å². The van der Waals surface area contributed by atoms with Crippen molar-refractivity contribution >= 4 is 57.7 Å². The summed E-state index contributed by atoms with van der Waals surface area (Å²) in [6.45, 7) is 1.67. The molecular weight excluding hydrogens is 627 g/mol. The van der Waals surface area contributed by atoms with Crippen LogP contribution in [0.3, 0.4) is 0 Å². The Hall–Kier alpha value is -5.37. The highest BCUT2D eigenvalue weighted by Gasteiger charge is 2.62. The molecule has 2 aliphatic rings. The minimum atomic E-state index is -3.38. The standard InChI is InChI=1S/C38H33N2O7P/c1-3-24-47-38(46)37(48(25-16-8-5-9-17-25,26-18-10-6-11-19-26)27-20-12-7-13-21-27)40-31(33(42)30(41)4-2)32(36(40)45)39-34(43)28-22-14-15-23-29(28)35(39)44/h3,5-23,31-33,42H,1,4,24H2,2H3/t31-,32+,33?/m1/s1. The summed E-state index contributed by atoms with van der Waals surface area (Å²) in [6.07, 6.45) is -0.537. The molecule has 9 nitrogen and oxygen atoms in total. The van der Waals surface area contributed by atoms with Gasteiger partial charge in [-0.15, -0.1) is 0 Å². The van der Waals surface area contributed by atoms with E-state index in [9.17, 15) is 29.1 Å². The third-order valence-electron chi connectivity index (χ3n) is 8.71. The van der Waals surface area contributed by atoms with Crippen LogP contribution in [0.5, 0.6) is 0 Å². The number of imide groups is 1. The van der Waals surface area contributed by atoms with Crippen LogP contribution in [0.2, 0.25) is 0 Å². The molecule has 1 N–H and O–H groups in total. The number of aliphatic hydroxyl groups excluding tert-OH is 1. The number of Topliss-reactive ketones (excluding diaryl/α,β-unsaturated/α-hetero) is 1. The first kappa shape index (κ1) is 32.6. The molecule has 4 aromatic rings. The van der Waals surface area contributed by atoms with Crippen molar-refractivity contribution in [2.45, 2.75) is 31.5 Å². The highest BCUT2D eigenvalue weighted by Crippen LogP contribution is 2.49. The molecule has 0 saturated carbocycles. The van der Waals surface area contributed by atoms with Crippen LogP contribution in [0.1, 0.15) is 34.1 Å². The average molecular weight is 661 g/mol. The highest BCUT2D eigenvalue weighted by atomic mass is 31.2. The van der Waals surface area contributed by atoms with Crippen molar-refractivity contribution in [2.24, 2.45) is 0 Å². The SMILES string of the molecule is C=CCOC(=O)C(N1C(=O)[C@@H](N2C(=O)c3ccccc3C2=O)[C@@H]1C(O)C(=O)CC)=P(c1ccccc1)(c1ccccc1)c1ccccc1. The molecule has 3 amide bonds. The van der Waals surface area contributed by atoms with Crippen molar-refractivity contribution in [1.82, 2.24) is 9.80 Å². The number of nitrogens with zero attached hydrogens (tertiary/aromatic N) is 2. The Morgan fingerprint density at radius 3 is 1.65 bits per heavy atom. The fourth-order valence-corrected chi connectivity index (χ4v) is 10.9. The maximum Gasteiger partial charge on any atom is 0.356 e. The second-order valence-corrected chi connectivity index (χ2v) is 14.6. The van der Waals surface area contributed by atoms with Crippen LogP contribution in [-0.4, -0.2) is 74.6 Å². The lowest BCUT2D eigenvalue weighted by molar-refractivity contribution is -0.159. The van der Waals surface area contributed by atoms with Gasteiger partial charge in [-0.05, 0) is 28.0 Å². The summed E-state index contributed by atoms with van der Waals surface area (Å²) in [5.74, 6) is -3.73. The molecule has 6 rings (SSSR count). The number of hydrogen-bond donors (Lipinski definition) is 1. The minimum absolute atomic E-state index is 0.0961. The summed E-state index contributed by atoms with van der Waals surface area (Å²) in [5.41, 5.74) is 0.120. The van der Waals surface area contributed by atoms with Crippen LogP contribution in [0, 0.1) is 0 Å². The molecule has 48 heavy (non-hydrogen) atoms. The number of esters is 1. The van der Waals surface area contributed by atoms with Crippen LogP contribution in [0.25, 0.3) is 0 Å². The number of amides is 3. The molecule has 2 aliphatic heterocycles. The van der Waals surface area contributed by atoms with Crippen LogP contribution in [0.15, 0.2) is 128 Å². The third-order valence-corrected chi connectivity index (χ3v) is 13.0. The van der Waals surface area contributed by atoms with E-state index in [1.54, 1.807) is 19.1 Å². The molecule has 0 aliphatic carbocycles. The monoisotopic (exact) mass is 660 g/mol. The topological polar surface area (TPSA) is 121 Å². The van der Waals surface area contributed by atoms with E-state index in [1.165, 1.54) is 18.2 Å². The first-order chi connectivity index (χ1) is 23.3. The van der Waals surface area contributed by atoms with Crippen molar-refractivity contribution < 1.29 is 33.8 Å². The van der Waals surface area contributed by atoms with Gasteiger partial charge in [0.2, 0.25) is 0 Å². The Balaban J connectivity index is 1.70. The van der Waals surface area contributed by atoms with Gasteiger partial charge in [-0.1, -0.05) is 123 Å². The smallest absolute Gasteiger partial charge is 0.356 e. The summed E-state index contributed by atoms with van der Waals surface area (Å²) in [7, 11) is 0. The van der Waals surface area contributed by atoms with Gasteiger partial charge in [0.15, 0.2) is 5.78 Å². The number of ether oxygens (including phenoxy) is 1. The van der Waals surface area contributed by atoms with Gasteiger partial charge in [-0.2, -0.15) is 0 Å². The lowest BCUT2D eigenvalue weighted by Crippen LogP contribution is -2.78. The van der Waals surface area contributed by atoms with Crippen LogP contribution < -0.4 is 15.9 Å². The predicted molar refractivity (Wildman–Crippen MR) is 184 cm³/mol. The largest absolute Gasteiger partial charge is 0.457 e. The summed E-state index contributed by atoms with van der Waals surface area (Å²) >= 11 is 0. The summed E-state index contributed by atoms with van der Waals surface area (Å²) in [6, 6.07) is 30.8. The van der Waals surface area contributed by atoms with Crippen LogP contribution in [-0.2, 0) is 19.1 Å². The second-order valence-electron chi connectivity index (χ2n) is 11.3. The molecule has 0 aromatic heterocycles. The van der Waals surface area contributed by atoms with Gasteiger partial charge >= 0.3 is 5.97 Å². The van der Waals surface area contributed by atoms with E-state index in [2.05, 4.69) is 6.58 Å². The Morgan fingerprint density at radius 2 is 1.23 bits per heavy atom. The molecule has 0 bridgehead atoms. The maximum atomic E-state index is 14.7. The zero-order chi connectivity index (χ0) is 34.0. The van der Waals surface area contributed by atoms with Gasteiger partial charge in [0.1, 0.15) is 30.2 Å². The van der Waals surface area contributed by atoms with Gasteiger partial charge in [0, 0.05) is 13.3 Å². The molecule has 10 heteroatoms. The van der Waals surface area contributed by atoms with Crippen molar-refractivity contribution in [1.29, 1.82) is 0 Å². The molecule has 242 valence electrons. The van der Waals surface area contributed by atoms with Gasteiger partial charge in [0.25, 0.3) is 17.7 Å². The fraction of sp³-hybridized carbons (Fsp3) is 0.158. The summed E-state index contributed by atoms with van der Waals surface area (Å²) < 4.78 is 5.72. The summed E-state index contributed by atoms with van der Waals surface area (Å²) in [4.78, 5) is 71.8. The van der Waals surface area contributed by atoms with Crippen molar-refractivity contribution in [2.75, 3.05) is 6.61 Å². The lowest BCUT2D eigenvalue weighted by atomic mass is 9.86. The lowest BCUT2D eigenvalue weighted by Gasteiger charge is -2.52. The Kier molecular flexibility index (Phi) is 9.09. The molecule has 3 atom stereocenters. The van der Waals surface area contributed by atoms with Crippen molar-refractivity contribution in [3.8, 4) is 0 Å². The predicted octanol–water partition coefficient (Wildman–Crippen LogP) is 3.06. The van der Waals surface area contributed by atoms with E-state index in [0.717, 1.165) is 9.80 Å². The van der Waals surface area contributed by atoms with E-state index in [0.29, 0.717) is 15.9 Å². The van der Waals surface area contributed by atoms with E-state index in [4.69, 9.17) is 4.74 Å². The number of hydrogen-bond acceptors (Lipinski definition) is 7. The second kappa shape index (κ2) is 13.4. The first-order valence-electron chi connectivity index (χ1n) is 15.5. The molecule has 1 unspecified atom stereocenters. The van der Waals surface area contributed by atoms with E-state index in [-0.39, 0.29) is 29.6 Å². The van der Waals surface area contributed by atoms with Crippen LogP contribution >= 0.6 is 6.89 Å². The molecule has 1 fully saturated rings. The highest BCUT2D eigenvalue weighted by molar-refractivity contribution is 7.96. The zero-order valence-corrected chi connectivity index (χ0v) is 27.0. The summed E-state index contributed by atoms with van der Waals surface area (Å²) in [5, 5.41) is 13.8. The fourth-order valence-electron chi connectivity index (χ4n) is 6.54. The third kappa shape index (κ3) is 5.12. The Labute approximate surface area is 278 Å². The Bertz CT molecular complexity index is 1840. The molecule has 4 aromatic carbocycles. The number of benzene rings is 4. The number of likely N-dealkylation sites (tertiary alicyclic amines) is 1. The number of β-lactam (4-membered cyclic amide) rings is 1. The number of rotatable bonds is 11. The van der Waals surface area contributed by atoms with E-state index >= 15 is 0 Å². The number of fused-ring (bicyclic) bond motifs is 1. The van der Waals surface area contributed by atoms with Gasteiger partial charge in [0.05, 0.1) is 11.1 Å². The van der Waals surface area contributed by atoms with E-state index in [1.807, 2.05) is 91.0 Å². The number of carbonyl (C=O) groups excluding carboxylic acids is 5. The van der Waals surface area contributed by atoms with Crippen molar-refractivity contribution in [3.05, 3.63) is 139 Å². The molecule has 0 spiro atoms. The molecule has 1 saturated heterocycles. The van der Waals surface area contributed by atoms with Crippen LogP contribution in [0.4, 0.5) is 0 Å². The average Bonchev–Trinajstić information content (AvgIpc) is 3.38. The molecular formula is C38H33N2O7P. The zero-order valence-electron chi connectivity index (χ0n) is 26.1. The van der Waals surface area contributed by atoms with Gasteiger partial charge in [-0.3, -0.25) is 29.0 Å². The Morgan fingerprint density at radius 1 is 0.792 bits per heavy atom. The van der Waals surface area contributed by atoms with Gasteiger partial charge in [-0.25, -0.2) is 4.79 Å². The first-order valence-corrected chi connectivity index (χ1v) is 17.3. The molecule has 0 radical (unpaired) electrons. The molecule has 2 heterocycles. The number of aliphatic hydroxyl groups is 1. The number of carbonyl (C=O) groups is 5. The van der Waals surface area contributed by atoms with Crippen molar-refractivity contribution in [3.63, 3.8) is 0 Å².